The molecule has 0 spiro atoms. The molecule has 0 radical (unpaired) electrons. The number of carboxylic acids is 1. The van der Waals surface area contributed by atoms with Crippen molar-refractivity contribution in [2.75, 3.05) is 0 Å². The fourth-order valence-corrected chi connectivity index (χ4v) is 3.85. The van der Waals surface area contributed by atoms with Crippen LogP contribution in [0.1, 0.15) is 64.7 Å². The Morgan fingerprint density at radius 2 is 2.15 bits per heavy atom. The minimum absolute atomic E-state index is 0. The molecular weight excluding hydrogens is 343 g/mol. The van der Waals surface area contributed by atoms with E-state index in [2.05, 4.69) is 6.92 Å². The van der Waals surface area contributed by atoms with Crippen LogP contribution < -0.4 is 34.7 Å². The number of ether oxygens (including phenoxy) is 1. The normalized spacial score (nSPS) is 30.2. The van der Waals surface area contributed by atoms with Gasteiger partial charge in [0.25, 0.3) is 0 Å². The second-order valence-corrected chi connectivity index (χ2v) is 7.29. The summed E-state index contributed by atoms with van der Waals surface area (Å²) in [4.78, 5) is 10.4. The molecule has 0 bridgehead atoms. The van der Waals surface area contributed by atoms with Crippen LogP contribution in [0, 0.1) is 11.8 Å². The second-order valence-electron chi connectivity index (χ2n) is 7.29. The summed E-state index contributed by atoms with van der Waals surface area (Å²) in [6.07, 6.45) is 11.6. The maximum atomic E-state index is 10.4. The molecular formula is C20H31NaO5. The van der Waals surface area contributed by atoms with Crippen LogP contribution in [0.2, 0.25) is 0 Å². The van der Waals surface area contributed by atoms with Gasteiger partial charge >= 0.3 is 29.6 Å². The molecule has 2 rings (SSSR count). The smallest absolute Gasteiger partial charge is 0.550 e. The summed E-state index contributed by atoms with van der Waals surface area (Å²) in [5, 5.41) is 30.7. The maximum Gasteiger partial charge on any atom is 1.00 e. The largest absolute Gasteiger partial charge is 1.00 e. The van der Waals surface area contributed by atoms with Gasteiger partial charge in [0.05, 0.1) is 18.0 Å². The van der Waals surface area contributed by atoms with E-state index >= 15 is 0 Å². The van der Waals surface area contributed by atoms with E-state index in [0.717, 1.165) is 37.9 Å². The molecule has 0 amide bonds. The van der Waals surface area contributed by atoms with E-state index < -0.39 is 18.2 Å². The summed E-state index contributed by atoms with van der Waals surface area (Å²) in [5.74, 6) is 0.136. The number of aliphatic hydroxyl groups is 2. The molecule has 142 valence electrons. The number of carboxylic acid groups (broad SMARTS) is 1. The van der Waals surface area contributed by atoms with E-state index in [1.807, 2.05) is 18.2 Å². The van der Waals surface area contributed by atoms with Crippen molar-refractivity contribution < 1.29 is 54.4 Å². The second kappa shape index (κ2) is 12.2. The fourth-order valence-electron chi connectivity index (χ4n) is 3.85. The third kappa shape index (κ3) is 7.35. The SMILES string of the molecule is CCCCC[C@H](O)C=C[C@@H]1[C@H]2CC(=CCCCC(=O)[O-])O[C@@H]2C[C@H]1O.[Na+]. The molecule has 6 heteroatoms. The summed E-state index contributed by atoms with van der Waals surface area (Å²) in [6, 6.07) is 0. The Morgan fingerprint density at radius 3 is 2.85 bits per heavy atom. The Bertz CT molecular complexity index is 491. The van der Waals surface area contributed by atoms with E-state index in [1.165, 1.54) is 0 Å². The molecule has 1 saturated heterocycles. The molecule has 5 nitrogen and oxygen atoms in total. The summed E-state index contributed by atoms with van der Waals surface area (Å²) in [5.41, 5.74) is 0. The van der Waals surface area contributed by atoms with Crippen molar-refractivity contribution in [3.8, 4) is 0 Å². The number of carbonyl (C=O) groups is 1. The third-order valence-corrected chi connectivity index (χ3v) is 5.25. The van der Waals surface area contributed by atoms with Gasteiger partial charge in [-0.05, 0) is 31.8 Å². The Kier molecular flexibility index (Phi) is 11.1. The van der Waals surface area contributed by atoms with Crippen molar-refractivity contribution in [2.24, 2.45) is 11.8 Å². The number of rotatable bonds is 10. The maximum absolute atomic E-state index is 10.4. The Hall–Kier alpha value is -0.330. The molecule has 1 heterocycles. The van der Waals surface area contributed by atoms with Gasteiger partial charge in [-0.3, -0.25) is 0 Å². The number of aliphatic carboxylic acids is 1. The number of fused-ring (bicyclic) bond motifs is 1. The van der Waals surface area contributed by atoms with E-state index in [9.17, 15) is 20.1 Å². The monoisotopic (exact) mass is 374 g/mol. The minimum Gasteiger partial charge on any atom is -0.550 e. The summed E-state index contributed by atoms with van der Waals surface area (Å²) in [6.45, 7) is 2.14. The van der Waals surface area contributed by atoms with Gasteiger partial charge in [0.1, 0.15) is 6.10 Å². The molecule has 0 aromatic carbocycles. The van der Waals surface area contributed by atoms with Crippen LogP contribution in [0.5, 0.6) is 0 Å². The average molecular weight is 374 g/mol. The van der Waals surface area contributed by atoms with Crippen molar-refractivity contribution in [1.82, 2.24) is 0 Å². The summed E-state index contributed by atoms with van der Waals surface area (Å²) >= 11 is 0. The van der Waals surface area contributed by atoms with Crippen molar-refractivity contribution in [3.63, 3.8) is 0 Å². The first-order chi connectivity index (χ1) is 12.0. The number of carbonyl (C=O) groups excluding carboxylic acids is 1. The van der Waals surface area contributed by atoms with Crippen molar-refractivity contribution in [2.45, 2.75) is 83.0 Å². The minimum atomic E-state index is -1.02. The molecule has 2 aliphatic rings. The first-order valence-corrected chi connectivity index (χ1v) is 9.61. The van der Waals surface area contributed by atoms with Gasteiger partial charge in [-0.25, -0.2) is 0 Å². The number of unbranched alkanes of at least 4 members (excludes halogenated alkanes) is 3. The summed E-state index contributed by atoms with van der Waals surface area (Å²) in [7, 11) is 0. The quantitative estimate of drug-likeness (QED) is 0.293. The summed E-state index contributed by atoms with van der Waals surface area (Å²) < 4.78 is 5.92. The third-order valence-electron chi connectivity index (χ3n) is 5.25. The first-order valence-electron chi connectivity index (χ1n) is 9.61. The zero-order valence-corrected chi connectivity index (χ0v) is 18.1. The van der Waals surface area contributed by atoms with E-state index in [4.69, 9.17) is 4.74 Å². The molecule has 5 atom stereocenters. The molecule has 0 aromatic heterocycles. The molecule has 2 N–H and O–H groups in total. The average Bonchev–Trinajstić information content (AvgIpc) is 3.06. The van der Waals surface area contributed by atoms with Gasteiger partial charge in [-0.1, -0.05) is 38.3 Å². The Labute approximate surface area is 178 Å². The van der Waals surface area contributed by atoms with Gasteiger partial charge in [0, 0.05) is 30.6 Å². The zero-order chi connectivity index (χ0) is 18.2. The predicted molar refractivity (Wildman–Crippen MR) is 93.3 cm³/mol. The predicted octanol–water partition coefficient (Wildman–Crippen LogP) is -0.922. The molecule has 2 fully saturated rings. The van der Waals surface area contributed by atoms with Crippen LogP contribution >= 0.6 is 0 Å². The van der Waals surface area contributed by atoms with Crippen LogP contribution in [0.4, 0.5) is 0 Å². The van der Waals surface area contributed by atoms with Crippen molar-refractivity contribution >= 4 is 5.97 Å². The number of aliphatic hydroxyl groups excluding tert-OH is 2. The molecule has 1 aliphatic heterocycles. The molecule has 0 unspecified atom stereocenters. The standard InChI is InChI=1S/C20H32O5.Na/c1-2-3-4-7-14(21)10-11-16-17-12-15(8-5-6-9-20(23)24)25-19(17)13-18(16)22;/h8,10-11,14,16-19,21-22H,2-7,9,12-13H2,1H3,(H,23,24);/q;+1/p-1/t14-,16+,17+,18+,19+;/m0./s1. The van der Waals surface area contributed by atoms with E-state index in [0.29, 0.717) is 19.3 Å². The zero-order valence-electron chi connectivity index (χ0n) is 16.1. The van der Waals surface area contributed by atoms with Crippen molar-refractivity contribution in [1.29, 1.82) is 0 Å². The topological polar surface area (TPSA) is 89.8 Å². The molecule has 1 aliphatic carbocycles. The van der Waals surface area contributed by atoms with Crippen LogP contribution in [-0.2, 0) is 9.53 Å². The molecule has 1 saturated carbocycles. The van der Waals surface area contributed by atoms with Gasteiger partial charge in [-0.15, -0.1) is 0 Å². The first kappa shape index (κ1) is 23.7. The van der Waals surface area contributed by atoms with Crippen LogP contribution in [-0.4, -0.2) is 34.5 Å². The van der Waals surface area contributed by atoms with Crippen LogP contribution in [0.15, 0.2) is 24.0 Å². The van der Waals surface area contributed by atoms with Gasteiger partial charge < -0.3 is 24.9 Å². The number of hydrogen-bond donors (Lipinski definition) is 2. The molecule has 0 aromatic rings. The van der Waals surface area contributed by atoms with Gasteiger partial charge in [-0.2, -0.15) is 0 Å². The fraction of sp³-hybridized carbons (Fsp3) is 0.750. The van der Waals surface area contributed by atoms with Crippen molar-refractivity contribution in [3.05, 3.63) is 24.0 Å². The Balaban J connectivity index is 0.00000338. The van der Waals surface area contributed by atoms with E-state index in [1.54, 1.807) is 0 Å². The van der Waals surface area contributed by atoms with Gasteiger partial charge in [0.2, 0.25) is 0 Å². The number of allylic oxidation sites excluding steroid dienone is 2. The van der Waals surface area contributed by atoms with Crippen LogP contribution in [0.25, 0.3) is 0 Å². The Morgan fingerprint density at radius 1 is 1.38 bits per heavy atom. The van der Waals surface area contributed by atoms with E-state index in [-0.39, 0.29) is 53.9 Å². The van der Waals surface area contributed by atoms with Crippen LogP contribution in [0.3, 0.4) is 0 Å². The number of hydrogen-bond acceptors (Lipinski definition) is 5. The molecule has 26 heavy (non-hydrogen) atoms. The van der Waals surface area contributed by atoms with Gasteiger partial charge in [0.15, 0.2) is 0 Å².